The topological polar surface area (TPSA) is 72.2 Å². The molecule has 0 fully saturated rings. The van der Waals surface area contributed by atoms with Gasteiger partial charge in [-0.25, -0.2) is 12.8 Å². The van der Waals surface area contributed by atoms with E-state index in [2.05, 4.69) is 43.2 Å². The molecule has 8 heteroatoms. The molecule has 0 aliphatic carbocycles. The SMILES string of the molecule is NCc1cc(Br)cc(S(=O)(=O)Nc2ccc(I)cc2)c1F. The summed E-state index contributed by atoms with van der Waals surface area (Å²) in [6.07, 6.45) is 0. The van der Waals surface area contributed by atoms with Gasteiger partial charge < -0.3 is 5.73 Å². The molecule has 112 valence electrons. The van der Waals surface area contributed by atoms with Gasteiger partial charge in [0.1, 0.15) is 10.7 Å². The highest BCUT2D eigenvalue weighted by molar-refractivity contribution is 14.1. The van der Waals surface area contributed by atoms with Crippen LogP contribution in [0.5, 0.6) is 0 Å². The first kappa shape index (κ1) is 16.7. The highest BCUT2D eigenvalue weighted by atomic mass is 127. The minimum Gasteiger partial charge on any atom is -0.326 e. The average Bonchev–Trinajstić information content (AvgIpc) is 2.43. The van der Waals surface area contributed by atoms with Crippen molar-refractivity contribution in [1.82, 2.24) is 0 Å². The summed E-state index contributed by atoms with van der Waals surface area (Å²) in [5.74, 6) is -0.835. The second kappa shape index (κ2) is 6.59. The van der Waals surface area contributed by atoms with Gasteiger partial charge in [-0.3, -0.25) is 4.72 Å². The van der Waals surface area contributed by atoms with Gasteiger partial charge in [-0.15, -0.1) is 0 Å². The van der Waals surface area contributed by atoms with Gasteiger partial charge in [0.15, 0.2) is 0 Å². The van der Waals surface area contributed by atoms with E-state index in [1.54, 1.807) is 24.3 Å². The Morgan fingerprint density at radius 1 is 1.24 bits per heavy atom. The highest BCUT2D eigenvalue weighted by Gasteiger charge is 2.22. The molecular weight excluding hydrogens is 474 g/mol. The maximum atomic E-state index is 14.2. The fraction of sp³-hybridized carbons (Fsp3) is 0.0769. The largest absolute Gasteiger partial charge is 0.326 e. The molecule has 0 bridgehead atoms. The molecule has 0 saturated heterocycles. The molecular formula is C13H11BrFIN2O2S. The zero-order valence-electron chi connectivity index (χ0n) is 10.6. The molecule has 2 aromatic rings. The first-order valence-electron chi connectivity index (χ1n) is 5.80. The maximum Gasteiger partial charge on any atom is 0.264 e. The third kappa shape index (κ3) is 3.93. The number of sulfonamides is 1. The number of benzene rings is 2. The van der Waals surface area contributed by atoms with E-state index in [4.69, 9.17) is 5.73 Å². The van der Waals surface area contributed by atoms with Crippen molar-refractivity contribution in [2.45, 2.75) is 11.4 Å². The van der Waals surface area contributed by atoms with Crippen LogP contribution < -0.4 is 10.5 Å². The van der Waals surface area contributed by atoms with E-state index < -0.39 is 20.7 Å². The lowest BCUT2D eigenvalue weighted by molar-refractivity contribution is 0.560. The van der Waals surface area contributed by atoms with E-state index in [-0.39, 0.29) is 12.1 Å². The average molecular weight is 485 g/mol. The number of nitrogens with two attached hydrogens (primary N) is 1. The van der Waals surface area contributed by atoms with Crippen LogP contribution in [0.2, 0.25) is 0 Å². The van der Waals surface area contributed by atoms with Crippen LogP contribution in [-0.2, 0) is 16.6 Å². The van der Waals surface area contributed by atoms with Gasteiger partial charge in [-0.2, -0.15) is 0 Å². The lowest BCUT2D eigenvalue weighted by atomic mass is 10.2. The summed E-state index contributed by atoms with van der Waals surface area (Å²) in [7, 11) is -4.02. The van der Waals surface area contributed by atoms with Gasteiger partial charge in [0.05, 0.1) is 0 Å². The number of rotatable bonds is 4. The van der Waals surface area contributed by atoms with Gasteiger partial charge in [0.25, 0.3) is 10.0 Å². The number of anilines is 1. The summed E-state index contributed by atoms with van der Waals surface area (Å²) in [5, 5.41) is 0. The van der Waals surface area contributed by atoms with Crippen LogP contribution in [0, 0.1) is 9.39 Å². The normalized spacial score (nSPS) is 11.4. The Hall–Kier alpha value is -0.710. The molecule has 0 saturated carbocycles. The molecule has 0 aliphatic rings. The van der Waals surface area contributed by atoms with Crippen molar-refractivity contribution in [3.05, 3.63) is 55.8 Å². The Bertz CT molecular complexity index is 766. The second-order valence-corrected chi connectivity index (χ2v) is 8.01. The summed E-state index contributed by atoms with van der Waals surface area (Å²) >= 11 is 5.27. The third-order valence-corrected chi connectivity index (χ3v) is 5.24. The molecule has 3 N–H and O–H groups in total. The summed E-state index contributed by atoms with van der Waals surface area (Å²) in [4.78, 5) is -0.434. The Balaban J connectivity index is 2.44. The zero-order chi connectivity index (χ0) is 15.6. The molecule has 0 spiro atoms. The number of halogens is 3. The summed E-state index contributed by atoms with van der Waals surface area (Å²) < 4.78 is 42.6. The quantitative estimate of drug-likeness (QED) is 0.653. The minimum atomic E-state index is -4.02. The summed E-state index contributed by atoms with van der Waals surface area (Å²) in [5.41, 5.74) is 5.92. The van der Waals surface area contributed by atoms with Gasteiger partial charge in [0.2, 0.25) is 0 Å². The Labute approximate surface area is 144 Å². The highest BCUT2D eigenvalue weighted by Crippen LogP contribution is 2.26. The molecule has 0 aromatic heterocycles. The lowest BCUT2D eigenvalue weighted by Gasteiger charge is -2.11. The second-order valence-electron chi connectivity index (χ2n) is 4.19. The number of hydrogen-bond donors (Lipinski definition) is 2. The van der Waals surface area contributed by atoms with Crippen LogP contribution in [0.25, 0.3) is 0 Å². The van der Waals surface area contributed by atoms with E-state index in [0.717, 1.165) is 3.57 Å². The Morgan fingerprint density at radius 3 is 2.43 bits per heavy atom. The Morgan fingerprint density at radius 2 is 1.86 bits per heavy atom. The molecule has 21 heavy (non-hydrogen) atoms. The van der Waals surface area contributed by atoms with Gasteiger partial charge >= 0.3 is 0 Å². The van der Waals surface area contributed by atoms with Gasteiger partial charge in [0, 0.05) is 25.8 Å². The lowest BCUT2D eigenvalue weighted by Crippen LogP contribution is -2.16. The van der Waals surface area contributed by atoms with E-state index in [1.807, 2.05) is 0 Å². The zero-order valence-corrected chi connectivity index (χ0v) is 15.2. The van der Waals surface area contributed by atoms with Gasteiger partial charge in [-0.1, -0.05) is 15.9 Å². The van der Waals surface area contributed by atoms with Crippen molar-refractivity contribution in [2.75, 3.05) is 4.72 Å². The van der Waals surface area contributed by atoms with Crippen LogP contribution in [0.1, 0.15) is 5.56 Å². The first-order chi connectivity index (χ1) is 9.83. The molecule has 0 heterocycles. The Kier molecular flexibility index (Phi) is 5.23. The predicted octanol–water partition coefficient (Wildman–Crippen LogP) is 3.45. The van der Waals surface area contributed by atoms with Crippen molar-refractivity contribution in [3.63, 3.8) is 0 Å². The fourth-order valence-electron chi connectivity index (χ4n) is 1.69. The number of hydrogen-bond acceptors (Lipinski definition) is 3. The summed E-state index contributed by atoms with van der Waals surface area (Å²) in [6.45, 7) is -0.0860. The van der Waals surface area contributed by atoms with Crippen LogP contribution in [0.15, 0.2) is 45.8 Å². The molecule has 0 unspecified atom stereocenters. The van der Waals surface area contributed by atoms with Crippen molar-refractivity contribution in [1.29, 1.82) is 0 Å². The molecule has 0 atom stereocenters. The summed E-state index contributed by atoms with van der Waals surface area (Å²) in [6, 6.07) is 9.39. The van der Waals surface area contributed by atoms with Crippen molar-refractivity contribution in [3.8, 4) is 0 Å². The van der Waals surface area contributed by atoms with Crippen LogP contribution in [-0.4, -0.2) is 8.42 Å². The van der Waals surface area contributed by atoms with E-state index in [0.29, 0.717) is 10.2 Å². The minimum absolute atomic E-state index is 0.0860. The van der Waals surface area contributed by atoms with E-state index >= 15 is 0 Å². The van der Waals surface area contributed by atoms with Crippen molar-refractivity contribution in [2.24, 2.45) is 5.73 Å². The van der Waals surface area contributed by atoms with Crippen molar-refractivity contribution >= 4 is 54.2 Å². The molecule has 2 rings (SSSR count). The molecule has 0 amide bonds. The first-order valence-corrected chi connectivity index (χ1v) is 9.15. The molecule has 0 radical (unpaired) electrons. The van der Waals surface area contributed by atoms with E-state index in [1.165, 1.54) is 12.1 Å². The molecule has 4 nitrogen and oxygen atoms in total. The molecule has 0 aliphatic heterocycles. The smallest absolute Gasteiger partial charge is 0.264 e. The van der Waals surface area contributed by atoms with Crippen LogP contribution >= 0.6 is 38.5 Å². The maximum absolute atomic E-state index is 14.2. The van der Waals surface area contributed by atoms with E-state index in [9.17, 15) is 12.8 Å². The fourth-order valence-corrected chi connectivity index (χ4v) is 3.91. The van der Waals surface area contributed by atoms with Gasteiger partial charge in [-0.05, 0) is 59.0 Å². The standard InChI is InChI=1S/C13H11BrFIN2O2S/c14-9-5-8(7-17)13(15)12(6-9)21(19,20)18-11-3-1-10(16)2-4-11/h1-6,18H,7,17H2. The van der Waals surface area contributed by atoms with Crippen LogP contribution in [0.3, 0.4) is 0 Å². The van der Waals surface area contributed by atoms with Crippen LogP contribution in [0.4, 0.5) is 10.1 Å². The van der Waals surface area contributed by atoms with Crippen molar-refractivity contribution < 1.29 is 12.8 Å². The number of nitrogens with one attached hydrogen (secondary N) is 1. The monoisotopic (exact) mass is 484 g/mol. The molecule has 2 aromatic carbocycles. The predicted molar refractivity (Wildman–Crippen MR) is 92.0 cm³/mol. The third-order valence-electron chi connectivity index (χ3n) is 2.69.